The standard InChI is InChI=1S/C14H19N5O2S/c1-8-10(3-4-11(20)16-5-6-22)9(2)19-7-17-12(13(15)21)14(19)18-8/h7,22H,3-6H2,1-2H3,(H2,15,21)(H,16,20). The maximum atomic E-state index is 11.7. The molecule has 0 aliphatic carbocycles. The smallest absolute Gasteiger partial charge is 0.271 e. The Bertz CT molecular complexity index is 726. The van der Waals surface area contributed by atoms with E-state index in [4.69, 9.17) is 5.73 Å². The lowest BCUT2D eigenvalue weighted by Crippen LogP contribution is -2.25. The number of rotatable bonds is 6. The normalized spacial score (nSPS) is 10.9. The summed E-state index contributed by atoms with van der Waals surface area (Å²) in [5.74, 6) is -0.00788. The van der Waals surface area contributed by atoms with Gasteiger partial charge < -0.3 is 11.1 Å². The number of fused-ring (bicyclic) bond motifs is 1. The number of nitrogens with one attached hydrogen (secondary N) is 1. The van der Waals surface area contributed by atoms with Crippen LogP contribution in [0.4, 0.5) is 0 Å². The van der Waals surface area contributed by atoms with Crippen molar-refractivity contribution in [2.75, 3.05) is 12.3 Å². The molecule has 0 unspecified atom stereocenters. The SMILES string of the molecule is Cc1nc2c(C(N)=O)ncn2c(C)c1CCC(=O)NCCS. The third-order valence-corrected chi connectivity index (χ3v) is 3.74. The molecule has 22 heavy (non-hydrogen) atoms. The molecule has 3 N–H and O–H groups in total. The second-order valence-corrected chi connectivity index (χ2v) is 5.43. The van der Waals surface area contributed by atoms with Crippen LogP contribution in [0.1, 0.15) is 33.9 Å². The minimum atomic E-state index is -0.604. The van der Waals surface area contributed by atoms with Crippen LogP contribution < -0.4 is 11.1 Å². The summed E-state index contributed by atoms with van der Waals surface area (Å²) >= 11 is 4.05. The lowest BCUT2D eigenvalue weighted by molar-refractivity contribution is -0.120. The van der Waals surface area contributed by atoms with E-state index in [1.807, 2.05) is 13.8 Å². The highest BCUT2D eigenvalue weighted by Crippen LogP contribution is 2.18. The third-order valence-electron chi connectivity index (χ3n) is 3.52. The number of hydrogen-bond donors (Lipinski definition) is 3. The van der Waals surface area contributed by atoms with Crippen molar-refractivity contribution >= 4 is 30.1 Å². The number of thiol groups is 1. The quantitative estimate of drug-likeness (QED) is 0.671. The molecule has 8 heteroatoms. The number of aromatic nitrogens is 3. The van der Waals surface area contributed by atoms with Crippen LogP contribution in [-0.2, 0) is 11.2 Å². The van der Waals surface area contributed by atoms with Crippen LogP contribution in [-0.4, -0.2) is 38.5 Å². The van der Waals surface area contributed by atoms with Crippen LogP contribution in [0.25, 0.3) is 5.65 Å². The zero-order chi connectivity index (χ0) is 16.3. The number of amides is 2. The number of primary amides is 1. The second-order valence-electron chi connectivity index (χ2n) is 4.99. The molecule has 0 fully saturated rings. The molecule has 2 aromatic heterocycles. The summed E-state index contributed by atoms with van der Waals surface area (Å²) in [5.41, 5.74) is 8.55. The van der Waals surface area contributed by atoms with E-state index < -0.39 is 5.91 Å². The number of carbonyl (C=O) groups is 2. The number of aryl methyl sites for hydroxylation is 2. The second kappa shape index (κ2) is 6.78. The van der Waals surface area contributed by atoms with Crippen LogP contribution in [0.2, 0.25) is 0 Å². The Kier molecular flexibility index (Phi) is 5.02. The van der Waals surface area contributed by atoms with E-state index in [-0.39, 0.29) is 11.6 Å². The van der Waals surface area contributed by atoms with E-state index in [9.17, 15) is 9.59 Å². The van der Waals surface area contributed by atoms with E-state index >= 15 is 0 Å². The summed E-state index contributed by atoms with van der Waals surface area (Å²) < 4.78 is 1.73. The molecule has 0 atom stereocenters. The highest BCUT2D eigenvalue weighted by atomic mass is 32.1. The third kappa shape index (κ3) is 3.22. The largest absolute Gasteiger partial charge is 0.364 e. The number of nitrogens with zero attached hydrogens (tertiary/aromatic N) is 3. The summed E-state index contributed by atoms with van der Waals surface area (Å²) in [7, 11) is 0. The number of imidazole rings is 1. The maximum absolute atomic E-state index is 11.7. The van der Waals surface area contributed by atoms with Gasteiger partial charge in [-0.2, -0.15) is 12.6 Å². The minimum absolute atomic E-state index is 0.0172. The van der Waals surface area contributed by atoms with Crippen LogP contribution in [0.5, 0.6) is 0 Å². The Morgan fingerprint density at radius 2 is 2.14 bits per heavy atom. The number of hydrogen-bond acceptors (Lipinski definition) is 5. The summed E-state index contributed by atoms with van der Waals surface area (Å²) in [5, 5.41) is 2.78. The van der Waals surface area contributed by atoms with Crippen molar-refractivity contribution in [3.63, 3.8) is 0 Å². The molecule has 0 saturated heterocycles. The molecule has 2 aromatic rings. The molecule has 0 aromatic carbocycles. The molecule has 118 valence electrons. The Labute approximate surface area is 133 Å². The Balaban J connectivity index is 2.28. The molecule has 2 rings (SSSR count). The van der Waals surface area contributed by atoms with Crippen molar-refractivity contribution in [2.45, 2.75) is 26.7 Å². The van der Waals surface area contributed by atoms with Crippen molar-refractivity contribution in [3.05, 3.63) is 29.0 Å². The van der Waals surface area contributed by atoms with Crippen LogP contribution in [0.3, 0.4) is 0 Å². The molecule has 2 amide bonds. The lowest BCUT2D eigenvalue weighted by atomic mass is 10.1. The van der Waals surface area contributed by atoms with E-state index in [1.54, 1.807) is 4.40 Å². The van der Waals surface area contributed by atoms with Gasteiger partial charge in [-0.15, -0.1) is 0 Å². The summed E-state index contributed by atoms with van der Waals surface area (Å²) in [6, 6.07) is 0. The molecule has 0 spiro atoms. The van der Waals surface area contributed by atoms with Gasteiger partial charge in [-0.25, -0.2) is 9.97 Å². The van der Waals surface area contributed by atoms with Crippen LogP contribution in [0.15, 0.2) is 6.33 Å². The molecule has 2 heterocycles. The predicted octanol–water partition coefficient (Wildman–Crippen LogP) is 0.424. The Morgan fingerprint density at radius 1 is 1.41 bits per heavy atom. The molecule has 0 radical (unpaired) electrons. The fraction of sp³-hybridized carbons (Fsp3) is 0.429. The van der Waals surface area contributed by atoms with Gasteiger partial charge in [0.1, 0.15) is 6.33 Å². The van der Waals surface area contributed by atoms with Gasteiger partial charge in [-0.3, -0.25) is 14.0 Å². The van der Waals surface area contributed by atoms with Crippen molar-refractivity contribution in [2.24, 2.45) is 5.73 Å². The van der Waals surface area contributed by atoms with Crippen LogP contribution >= 0.6 is 12.6 Å². The van der Waals surface area contributed by atoms with E-state index in [1.165, 1.54) is 6.33 Å². The average molecular weight is 321 g/mol. The topological polar surface area (TPSA) is 102 Å². The molecular formula is C14H19N5O2S. The molecule has 0 aliphatic heterocycles. The van der Waals surface area contributed by atoms with Crippen LogP contribution in [0, 0.1) is 13.8 Å². The zero-order valence-electron chi connectivity index (χ0n) is 12.6. The van der Waals surface area contributed by atoms with Crippen molar-refractivity contribution in [3.8, 4) is 0 Å². The van der Waals surface area contributed by atoms with Gasteiger partial charge in [0.05, 0.1) is 0 Å². The van der Waals surface area contributed by atoms with Crippen molar-refractivity contribution < 1.29 is 9.59 Å². The Hall–Kier alpha value is -2.09. The van der Waals surface area contributed by atoms with Gasteiger partial charge in [-0.1, -0.05) is 0 Å². The predicted molar refractivity (Wildman–Crippen MR) is 86.2 cm³/mol. The van der Waals surface area contributed by atoms with Gasteiger partial charge in [-0.05, 0) is 25.8 Å². The molecule has 7 nitrogen and oxygen atoms in total. The lowest BCUT2D eigenvalue weighted by Gasteiger charge is -2.11. The first-order valence-corrected chi connectivity index (χ1v) is 7.59. The number of nitrogens with two attached hydrogens (primary N) is 1. The van der Waals surface area contributed by atoms with Gasteiger partial charge in [0.25, 0.3) is 5.91 Å². The number of carbonyl (C=O) groups excluding carboxylic acids is 2. The first-order chi connectivity index (χ1) is 10.5. The molecule has 0 saturated carbocycles. The van der Waals surface area contributed by atoms with E-state index in [0.717, 1.165) is 17.0 Å². The molecule has 0 bridgehead atoms. The summed E-state index contributed by atoms with van der Waals surface area (Å²) in [4.78, 5) is 31.5. The maximum Gasteiger partial charge on any atom is 0.271 e. The first-order valence-electron chi connectivity index (χ1n) is 6.96. The van der Waals surface area contributed by atoms with Crippen molar-refractivity contribution in [1.82, 2.24) is 19.7 Å². The summed E-state index contributed by atoms with van der Waals surface area (Å²) in [6.07, 6.45) is 2.48. The van der Waals surface area contributed by atoms with Gasteiger partial charge >= 0.3 is 0 Å². The highest BCUT2D eigenvalue weighted by molar-refractivity contribution is 7.80. The highest BCUT2D eigenvalue weighted by Gasteiger charge is 2.17. The summed E-state index contributed by atoms with van der Waals surface area (Å²) in [6.45, 7) is 4.32. The van der Waals surface area contributed by atoms with Gasteiger partial charge in [0.2, 0.25) is 5.91 Å². The zero-order valence-corrected chi connectivity index (χ0v) is 13.5. The van der Waals surface area contributed by atoms with E-state index in [2.05, 4.69) is 27.9 Å². The fourth-order valence-electron chi connectivity index (χ4n) is 2.39. The van der Waals surface area contributed by atoms with Crippen molar-refractivity contribution in [1.29, 1.82) is 0 Å². The van der Waals surface area contributed by atoms with Gasteiger partial charge in [0, 0.05) is 30.1 Å². The van der Waals surface area contributed by atoms with E-state index in [0.29, 0.717) is 30.8 Å². The average Bonchev–Trinajstić information content (AvgIpc) is 2.88. The fourth-order valence-corrected chi connectivity index (χ4v) is 2.50. The Morgan fingerprint density at radius 3 is 2.77 bits per heavy atom. The first kappa shape index (κ1) is 16.3. The molecule has 0 aliphatic rings. The minimum Gasteiger partial charge on any atom is -0.364 e. The monoisotopic (exact) mass is 321 g/mol. The molecular weight excluding hydrogens is 302 g/mol. The van der Waals surface area contributed by atoms with Gasteiger partial charge in [0.15, 0.2) is 11.3 Å².